The first-order valence-corrected chi connectivity index (χ1v) is 19.1. The van der Waals surface area contributed by atoms with Gasteiger partial charge in [-0.15, -0.1) is 42.0 Å². The Morgan fingerprint density at radius 2 is 1.55 bits per heavy atom. The minimum atomic E-state index is -0.313. The molecule has 0 N–H and O–H groups in total. The molecule has 2 atom stereocenters. The molecular formula is C48H51N3OPt. The second-order valence-electron chi connectivity index (χ2n) is 17.3. The first kappa shape index (κ1) is 37.3. The van der Waals surface area contributed by atoms with Gasteiger partial charge < -0.3 is 14.3 Å². The van der Waals surface area contributed by atoms with Crippen LogP contribution in [0.2, 0.25) is 0 Å². The molecule has 0 amide bonds. The third kappa shape index (κ3) is 6.29. The van der Waals surface area contributed by atoms with E-state index in [2.05, 4.69) is 159 Å². The predicted octanol–water partition coefficient (Wildman–Crippen LogP) is 12.4. The average Bonchev–Trinajstić information content (AvgIpc) is 3.68. The van der Waals surface area contributed by atoms with E-state index in [9.17, 15) is 0 Å². The van der Waals surface area contributed by atoms with Crippen LogP contribution in [-0.4, -0.2) is 26.6 Å². The van der Waals surface area contributed by atoms with E-state index in [0.29, 0.717) is 17.7 Å². The summed E-state index contributed by atoms with van der Waals surface area (Å²) in [4.78, 5) is 10.2. The number of hydrogen-bond acceptors (Lipinski definition) is 3. The number of pyridine rings is 1. The molecule has 1 fully saturated rings. The van der Waals surface area contributed by atoms with Crippen LogP contribution < -0.4 is 0 Å². The number of aryl methyl sites for hydroxylation is 1. The SMILES string of the molecule is Cc1ccc2c(c1)c1ccc(-c3cc(C(C)(C)C)ccn3)[c-]c1n2-c1[c-]c(C2=N[C@]3(C)CCC[C@]3(C)O2)cc(-c2c(C(C)C)cccc2C(C)C)c1.[Pt+2]. The molecule has 4 nitrogen and oxygen atoms in total. The number of ether oxygens (including phenoxy) is 1. The second kappa shape index (κ2) is 13.4. The molecule has 3 heterocycles. The van der Waals surface area contributed by atoms with Crippen molar-refractivity contribution >= 4 is 27.7 Å². The smallest absolute Gasteiger partial charge is 0.512 e. The van der Waals surface area contributed by atoms with E-state index in [4.69, 9.17) is 14.7 Å². The Labute approximate surface area is 330 Å². The number of hydrogen-bond donors (Lipinski definition) is 0. The zero-order valence-electron chi connectivity index (χ0n) is 32.8. The Morgan fingerprint density at radius 3 is 2.23 bits per heavy atom. The van der Waals surface area contributed by atoms with E-state index >= 15 is 0 Å². The van der Waals surface area contributed by atoms with Crippen LogP contribution in [0.5, 0.6) is 0 Å². The second-order valence-corrected chi connectivity index (χ2v) is 17.3. The Balaban J connectivity index is 0.00000435. The zero-order chi connectivity index (χ0) is 36.7. The van der Waals surface area contributed by atoms with E-state index in [-0.39, 0.29) is 37.6 Å². The van der Waals surface area contributed by atoms with E-state index in [1.54, 1.807) is 0 Å². The molecule has 5 heteroatoms. The Bertz CT molecular complexity index is 2380. The van der Waals surface area contributed by atoms with Crippen molar-refractivity contribution in [1.82, 2.24) is 9.55 Å². The van der Waals surface area contributed by atoms with Crippen LogP contribution in [0.25, 0.3) is 49.9 Å². The van der Waals surface area contributed by atoms with Crippen LogP contribution >= 0.6 is 0 Å². The topological polar surface area (TPSA) is 39.4 Å². The molecule has 1 aliphatic carbocycles. The van der Waals surface area contributed by atoms with Gasteiger partial charge >= 0.3 is 21.1 Å². The molecule has 2 aromatic heterocycles. The minimum absolute atomic E-state index is 0. The fourth-order valence-corrected chi connectivity index (χ4v) is 8.53. The first-order valence-electron chi connectivity index (χ1n) is 19.1. The van der Waals surface area contributed by atoms with Gasteiger partial charge in [0.15, 0.2) is 0 Å². The Hall–Kier alpha value is -4.01. The van der Waals surface area contributed by atoms with Crippen molar-refractivity contribution in [2.75, 3.05) is 0 Å². The number of rotatable bonds is 6. The Kier molecular flexibility index (Phi) is 9.42. The molecule has 6 aromatic rings. The van der Waals surface area contributed by atoms with Crippen molar-refractivity contribution in [2.24, 2.45) is 4.99 Å². The van der Waals surface area contributed by atoms with Crippen LogP contribution in [0.15, 0.2) is 84.0 Å². The van der Waals surface area contributed by atoms with E-state index in [1.807, 2.05) is 6.20 Å². The number of benzene rings is 4. The van der Waals surface area contributed by atoms with Gasteiger partial charge in [-0.05, 0) is 114 Å². The number of nitrogens with zero attached hydrogens (tertiary/aromatic N) is 3. The first-order chi connectivity index (χ1) is 24.7. The maximum absolute atomic E-state index is 6.88. The average molecular weight is 881 g/mol. The van der Waals surface area contributed by atoms with E-state index in [0.717, 1.165) is 63.8 Å². The predicted molar refractivity (Wildman–Crippen MR) is 217 cm³/mol. The van der Waals surface area contributed by atoms with Crippen LogP contribution in [0.1, 0.15) is 121 Å². The largest absolute Gasteiger partial charge is 2.00 e. The third-order valence-electron chi connectivity index (χ3n) is 11.8. The van der Waals surface area contributed by atoms with Gasteiger partial charge in [0.1, 0.15) is 11.5 Å². The third-order valence-corrected chi connectivity index (χ3v) is 11.8. The molecule has 8 rings (SSSR count). The molecule has 1 aliphatic heterocycles. The van der Waals surface area contributed by atoms with Gasteiger partial charge in [0, 0.05) is 11.7 Å². The fraction of sp³-hybridized carbons (Fsp3) is 0.375. The normalized spacial score (nSPS) is 19.9. The molecule has 0 bridgehead atoms. The summed E-state index contributed by atoms with van der Waals surface area (Å²) >= 11 is 0. The van der Waals surface area contributed by atoms with Crippen molar-refractivity contribution in [3.8, 4) is 28.1 Å². The van der Waals surface area contributed by atoms with Gasteiger partial charge in [0.25, 0.3) is 0 Å². The summed E-state index contributed by atoms with van der Waals surface area (Å²) in [5.41, 5.74) is 13.0. The molecule has 0 spiro atoms. The summed E-state index contributed by atoms with van der Waals surface area (Å²) in [7, 11) is 0. The number of aromatic nitrogens is 2. The maximum Gasteiger partial charge on any atom is 2.00 e. The molecule has 0 saturated heterocycles. The molecule has 53 heavy (non-hydrogen) atoms. The monoisotopic (exact) mass is 880 g/mol. The van der Waals surface area contributed by atoms with Gasteiger partial charge in [0.2, 0.25) is 0 Å². The van der Waals surface area contributed by atoms with Crippen molar-refractivity contribution in [1.29, 1.82) is 0 Å². The van der Waals surface area contributed by atoms with E-state index < -0.39 is 0 Å². The summed E-state index contributed by atoms with van der Waals surface area (Å²) in [5, 5.41) is 2.35. The van der Waals surface area contributed by atoms with E-state index in [1.165, 1.54) is 33.2 Å². The quantitative estimate of drug-likeness (QED) is 0.156. The minimum Gasteiger partial charge on any atom is -0.512 e. The van der Waals surface area contributed by atoms with Gasteiger partial charge in [-0.3, -0.25) is 4.99 Å². The summed E-state index contributed by atoms with van der Waals surface area (Å²) < 4.78 is 9.23. The van der Waals surface area contributed by atoms with Gasteiger partial charge in [-0.1, -0.05) is 107 Å². The van der Waals surface area contributed by atoms with Crippen molar-refractivity contribution in [2.45, 2.75) is 117 Å². The maximum atomic E-state index is 6.88. The molecular weight excluding hydrogens is 830 g/mol. The summed E-state index contributed by atoms with van der Waals surface area (Å²) in [6, 6.07) is 34.6. The molecule has 274 valence electrons. The molecule has 1 saturated carbocycles. The van der Waals surface area contributed by atoms with Gasteiger partial charge in [-0.2, -0.15) is 0 Å². The molecule has 0 radical (unpaired) electrons. The van der Waals surface area contributed by atoms with Crippen LogP contribution in [0.3, 0.4) is 0 Å². The van der Waals surface area contributed by atoms with Gasteiger partial charge in [0.05, 0.1) is 5.54 Å². The van der Waals surface area contributed by atoms with Crippen LogP contribution in [0.4, 0.5) is 0 Å². The molecule has 4 aromatic carbocycles. The summed E-state index contributed by atoms with van der Waals surface area (Å²) in [6.07, 6.45) is 5.09. The van der Waals surface area contributed by atoms with Crippen molar-refractivity contribution in [3.05, 3.63) is 119 Å². The fourth-order valence-electron chi connectivity index (χ4n) is 8.53. The Morgan fingerprint density at radius 1 is 0.811 bits per heavy atom. The van der Waals surface area contributed by atoms with Crippen molar-refractivity contribution < 1.29 is 25.8 Å². The zero-order valence-corrected chi connectivity index (χ0v) is 35.1. The van der Waals surface area contributed by atoms with Crippen molar-refractivity contribution in [3.63, 3.8) is 0 Å². The van der Waals surface area contributed by atoms with Crippen LogP contribution in [0, 0.1) is 19.1 Å². The summed E-state index contributed by atoms with van der Waals surface area (Å²) in [5.74, 6) is 1.40. The number of aliphatic imine (C=N–C) groups is 1. The molecule has 2 aliphatic rings. The molecule has 0 unspecified atom stereocenters. The van der Waals surface area contributed by atoms with Crippen LogP contribution in [-0.2, 0) is 31.2 Å². The number of fused-ring (bicyclic) bond motifs is 4. The summed E-state index contributed by atoms with van der Waals surface area (Å²) in [6.45, 7) is 22.6. The van der Waals surface area contributed by atoms with Gasteiger partial charge in [-0.25, -0.2) is 0 Å². The standard InChI is InChI=1S/C48H51N3O.Pt/c1-29(2)37-13-11-14-38(30(3)4)44(37)33-24-34(45-50-47(9)20-12-21-48(47,10)52-45)26-36(25-33)51-42-18-15-31(5)23-40(42)39-17-16-32(27-43(39)51)41-28-35(19-22-49-41)46(6,7)8;/h11,13-19,22-25,28-30H,12,20-21H2,1-10H3;/q-2;+2/t47-,48+;/m1./s1.